The molecule has 0 spiro atoms. The van der Waals surface area contributed by atoms with Crippen LogP contribution < -0.4 is 21.2 Å². The Bertz CT molecular complexity index is 864. The summed E-state index contributed by atoms with van der Waals surface area (Å²) in [5, 5.41) is 7.27. The van der Waals surface area contributed by atoms with Gasteiger partial charge in [-0.3, -0.25) is 4.79 Å². The lowest BCUT2D eigenvalue weighted by molar-refractivity contribution is -0.112. The van der Waals surface area contributed by atoms with Gasteiger partial charge in [-0.2, -0.15) is 0 Å². The van der Waals surface area contributed by atoms with Crippen molar-refractivity contribution in [2.75, 3.05) is 5.32 Å². The van der Waals surface area contributed by atoms with Crippen molar-refractivity contribution in [1.29, 1.82) is 0 Å². The second-order valence-corrected chi connectivity index (χ2v) is 8.27. The van der Waals surface area contributed by atoms with E-state index in [1.54, 1.807) is 13.0 Å². The minimum atomic E-state index is -0.692. The van der Waals surface area contributed by atoms with E-state index < -0.39 is 7.92 Å². The summed E-state index contributed by atoms with van der Waals surface area (Å²) in [6.45, 7) is 3.49. The van der Waals surface area contributed by atoms with Crippen molar-refractivity contribution in [2.45, 2.75) is 13.8 Å². The van der Waals surface area contributed by atoms with Crippen LogP contribution in [0.25, 0.3) is 0 Å². The summed E-state index contributed by atoms with van der Waals surface area (Å²) in [6.07, 6.45) is 1.63. The topological polar surface area (TPSA) is 29.1 Å². The van der Waals surface area contributed by atoms with Crippen LogP contribution in [0, 0.1) is 0 Å². The third kappa shape index (κ3) is 4.47. The van der Waals surface area contributed by atoms with E-state index in [0.29, 0.717) is 0 Å². The van der Waals surface area contributed by atoms with Gasteiger partial charge in [0, 0.05) is 16.7 Å². The highest BCUT2D eigenvalue weighted by molar-refractivity contribution is 7.80. The van der Waals surface area contributed by atoms with E-state index in [2.05, 4.69) is 72.0 Å². The normalized spacial score (nSPS) is 11.4. The lowest BCUT2D eigenvalue weighted by Gasteiger charge is -2.23. The van der Waals surface area contributed by atoms with E-state index in [-0.39, 0.29) is 5.78 Å². The molecule has 0 aliphatic rings. The molecule has 0 aliphatic heterocycles. The molecule has 0 heterocycles. The molecular formula is C23H22NOP. The van der Waals surface area contributed by atoms with Crippen molar-refractivity contribution in [1.82, 2.24) is 0 Å². The van der Waals surface area contributed by atoms with Gasteiger partial charge in [0.25, 0.3) is 0 Å². The first-order valence-electron chi connectivity index (χ1n) is 8.60. The van der Waals surface area contributed by atoms with Gasteiger partial charge in [0.05, 0.1) is 0 Å². The molecule has 0 fully saturated rings. The second-order valence-electron chi connectivity index (χ2n) is 6.09. The van der Waals surface area contributed by atoms with Gasteiger partial charge in [-0.1, -0.05) is 78.9 Å². The molecule has 0 saturated carbocycles. The summed E-state index contributed by atoms with van der Waals surface area (Å²) >= 11 is 0. The number of nitrogens with one attached hydrogen (secondary N) is 1. The fraction of sp³-hybridized carbons (Fsp3) is 0.0870. The Morgan fingerprint density at radius 1 is 0.769 bits per heavy atom. The smallest absolute Gasteiger partial charge is 0.154 e. The average molecular weight is 359 g/mol. The molecule has 0 bridgehead atoms. The number of benzene rings is 3. The van der Waals surface area contributed by atoms with Crippen molar-refractivity contribution >= 4 is 35.3 Å². The Morgan fingerprint density at radius 2 is 1.27 bits per heavy atom. The highest BCUT2D eigenvalue weighted by atomic mass is 31.1. The Morgan fingerprint density at radius 3 is 1.81 bits per heavy atom. The summed E-state index contributed by atoms with van der Waals surface area (Å²) < 4.78 is 0. The zero-order valence-electron chi connectivity index (χ0n) is 15.0. The molecule has 3 aromatic rings. The third-order valence-corrected chi connectivity index (χ3v) is 6.43. The standard InChI is InChI=1S/C23H22NOP/c1-18(17-19(2)25)24-22-15-9-10-16-23(22)26(20-11-5-3-6-12-20)21-13-7-4-8-14-21/h3-17,24H,1-2H3/b18-17-. The largest absolute Gasteiger partial charge is 0.359 e. The molecule has 0 radical (unpaired) electrons. The first kappa shape index (κ1) is 18.1. The molecule has 3 rings (SSSR count). The van der Waals surface area contributed by atoms with Crippen LogP contribution in [0.15, 0.2) is 96.7 Å². The van der Waals surface area contributed by atoms with Crippen LogP contribution in [0.1, 0.15) is 13.8 Å². The number of carbonyl (C=O) groups excluding carboxylic acids is 1. The molecule has 0 unspecified atom stereocenters. The number of carbonyl (C=O) groups is 1. The number of anilines is 1. The minimum absolute atomic E-state index is 0.0425. The zero-order valence-corrected chi connectivity index (χ0v) is 15.9. The van der Waals surface area contributed by atoms with Gasteiger partial charge in [-0.25, -0.2) is 0 Å². The molecule has 0 saturated heterocycles. The maximum absolute atomic E-state index is 11.4. The van der Waals surface area contributed by atoms with Crippen LogP contribution in [0.4, 0.5) is 5.69 Å². The molecule has 3 aromatic carbocycles. The first-order valence-corrected chi connectivity index (χ1v) is 9.94. The molecule has 26 heavy (non-hydrogen) atoms. The van der Waals surface area contributed by atoms with Crippen molar-refractivity contribution in [2.24, 2.45) is 0 Å². The minimum Gasteiger partial charge on any atom is -0.359 e. The van der Waals surface area contributed by atoms with Crippen LogP contribution in [-0.4, -0.2) is 5.78 Å². The SMILES string of the molecule is CC(=O)/C=C(/C)Nc1ccccc1P(c1ccccc1)c1ccccc1. The zero-order chi connectivity index (χ0) is 18.4. The van der Waals surface area contributed by atoms with Crippen LogP contribution >= 0.6 is 7.92 Å². The van der Waals surface area contributed by atoms with Gasteiger partial charge in [0.2, 0.25) is 0 Å². The van der Waals surface area contributed by atoms with E-state index in [1.807, 2.05) is 25.1 Å². The number of ketones is 1. The maximum atomic E-state index is 11.4. The van der Waals surface area contributed by atoms with E-state index in [0.717, 1.165) is 11.4 Å². The molecule has 2 nitrogen and oxygen atoms in total. The molecule has 0 aromatic heterocycles. The highest BCUT2D eigenvalue weighted by Gasteiger charge is 2.19. The number of allylic oxidation sites excluding steroid dienone is 2. The van der Waals surface area contributed by atoms with Crippen LogP contribution in [-0.2, 0) is 4.79 Å². The number of hydrogen-bond acceptors (Lipinski definition) is 2. The van der Waals surface area contributed by atoms with Gasteiger partial charge < -0.3 is 5.32 Å². The molecule has 0 aliphatic carbocycles. The van der Waals surface area contributed by atoms with E-state index in [9.17, 15) is 4.79 Å². The number of rotatable bonds is 6. The van der Waals surface area contributed by atoms with Gasteiger partial charge >= 0.3 is 0 Å². The quantitative estimate of drug-likeness (QED) is 0.524. The van der Waals surface area contributed by atoms with Crippen LogP contribution in [0.2, 0.25) is 0 Å². The van der Waals surface area contributed by atoms with Crippen LogP contribution in [0.3, 0.4) is 0 Å². The fourth-order valence-electron chi connectivity index (χ4n) is 2.91. The first-order chi connectivity index (χ1) is 12.6. The Balaban J connectivity index is 2.10. The fourth-order valence-corrected chi connectivity index (χ4v) is 5.31. The Kier molecular flexibility index (Phi) is 5.99. The highest BCUT2D eigenvalue weighted by Crippen LogP contribution is 2.35. The van der Waals surface area contributed by atoms with E-state index in [4.69, 9.17) is 0 Å². The third-order valence-electron chi connectivity index (χ3n) is 3.93. The van der Waals surface area contributed by atoms with Gasteiger partial charge in [-0.15, -0.1) is 0 Å². The summed E-state index contributed by atoms with van der Waals surface area (Å²) in [7, 11) is -0.692. The maximum Gasteiger partial charge on any atom is 0.154 e. The summed E-state index contributed by atoms with van der Waals surface area (Å²) in [5.74, 6) is 0.0425. The summed E-state index contributed by atoms with van der Waals surface area (Å²) in [4.78, 5) is 11.4. The molecule has 1 N–H and O–H groups in total. The number of hydrogen-bond donors (Lipinski definition) is 1. The molecular weight excluding hydrogens is 337 g/mol. The lowest BCUT2D eigenvalue weighted by atomic mass is 10.3. The Hall–Kier alpha value is -2.70. The summed E-state index contributed by atoms with van der Waals surface area (Å²) in [6, 6.07) is 29.6. The lowest BCUT2D eigenvalue weighted by Crippen LogP contribution is -2.23. The molecule has 0 amide bonds. The molecule has 3 heteroatoms. The van der Waals surface area contributed by atoms with Crippen molar-refractivity contribution in [3.05, 3.63) is 96.7 Å². The van der Waals surface area contributed by atoms with Gasteiger partial charge in [0.1, 0.15) is 0 Å². The molecule has 130 valence electrons. The van der Waals surface area contributed by atoms with Gasteiger partial charge in [-0.05, 0) is 44.5 Å². The predicted molar refractivity (Wildman–Crippen MR) is 113 cm³/mol. The van der Waals surface area contributed by atoms with Gasteiger partial charge in [0.15, 0.2) is 5.78 Å². The monoisotopic (exact) mass is 359 g/mol. The predicted octanol–water partition coefficient (Wildman–Crippen LogP) is 4.35. The van der Waals surface area contributed by atoms with Crippen molar-refractivity contribution in [3.63, 3.8) is 0 Å². The van der Waals surface area contributed by atoms with E-state index >= 15 is 0 Å². The summed E-state index contributed by atoms with van der Waals surface area (Å²) in [5.41, 5.74) is 1.89. The Labute approximate surface area is 156 Å². The van der Waals surface area contributed by atoms with Crippen molar-refractivity contribution < 1.29 is 4.79 Å². The van der Waals surface area contributed by atoms with Crippen LogP contribution in [0.5, 0.6) is 0 Å². The average Bonchev–Trinajstić information content (AvgIpc) is 2.64. The van der Waals surface area contributed by atoms with Crippen molar-refractivity contribution in [3.8, 4) is 0 Å². The van der Waals surface area contributed by atoms with E-state index in [1.165, 1.54) is 15.9 Å². The molecule has 0 atom stereocenters. The second kappa shape index (κ2) is 8.60. The number of para-hydroxylation sites is 1.